The van der Waals surface area contributed by atoms with Gasteiger partial charge in [0.25, 0.3) is 0 Å². The Balaban J connectivity index is 2.41. The summed E-state index contributed by atoms with van der Waals surface area (Å²) in [4.78, 5) is 15.8. The number of carbonyl (C=O) groups is 1. The smallest absolute Gasteiger partial charge is 0.170 e. The number of hydrogen-bond acceptors (Lipinski definition) is 5. The molecule has 0 aliphatic heterocycles. The SMILES string of the molecule is CCCCOc1cc(OCCCC)c(C(C)C)cc1C(=O)Cc1ccc(OC)c(N(C)CCC)c1. The van der Waals surface area contributed by atoms with Crippen molar-refractivity contribution in [3.63, 3.8) is 0 Å². The second-order valence-corrected chi connectivity index (χ2v) is 9.47. The van der Waals surface area contributed by atoms with E-state index in [1.807, 2.05) is 24.3 Å². The summed E-state index contributed by atoms with van der Waals surface area (Å²) in [5, 5.41) is 0. The molecule has 2 aromatic carbocycles. The quantitative estimate of drug-likeness (QED) is 0.183. The lowest BCUT2D eigenvalue weighted by atomic mass is 9.94. The van der Waals surface area contributed by atoms with Crippen LogP contribution in [0.15, 0.2) is 30.3 Å². The van der Waals surface area contributed by atoms with Gasteiger partial charge in [-0.05, 0) is 54.5 Å². The number of carbonyl (C=O) groups excluding carboxylic acids is 1. The molecule has 0 saturated heterocycles. The summed E-state index contributed by atoms with van der Waals surface area (Å²) in [5.41, 5.74) is 3.64. The first kappa shape index (κ1) is 28.5. The highest BCUT2D eigenvalue weighted by Gasteiger charge is 2.21. The third-order valence-corrected chi connectivity index (χ3v) is 6.12. The Hall–Kier alpha value is -2.69. The Bertz CT molecular complexity index is 938. The number of ketones is 1. The molecule has 0 radical (unpaired) electrons. The average molecular weight is 484 g/mol. The number of anilines is 1. The van der Waals surface area contributed by atoms with Gasteiger partial charge >= 0.3 is 0 Å². The number of ether oxygens (including phenoxy) is 3. The van der Waals surface area contributed by atoms with Crippen LogP contribution in [0.25, 0.3) is 0 Å². The largest absolute Gasteiger partial charge is 0.495 e. The van der Waals surface area contributed by atoms with Crippen molar-refractivity contribution >= 4 is 11.5 Å². The zero-order chi connectivity index (χ0) is 25.8. The van der Waals surface area contributed by atoms with E-state index in [1.54, 1.807) is 7.11 Å². The van der Waals surface area contributed by atoms with E-state index in [9.17, 15) is 4.79 Å². The topological polar surface area (TPSA) is 48.0 Å². The van der Waals surface area contributed by atoms with Crippen molar-refractivity contribution in [2.24, 2.45) is 0 Å². The molecule has 0 fully saturated rings. The lowest BCUT2D eigenvalue weighted by molar-refractivity contribution is 0.0988. The fourth-order valence-corrected chi connectivity index (χ4v) is 4.02. The van der Waals surface area contributed by atoms with Gasteiger partial charge in [-0.2, -0.15) is 0 Å². The number of nitrogens with zero attached hydrogens (tertiary/aromatic N) is 1. The Morgan fingerprint density at radius 3 is 2.11 bits per heavy atom. The van der Waals surface area contributed by atoms with Crippen LogP contribution in [0.2, 0.25) is 0 Å². The van der Waals surface area contributed by atoms with Gasteiger partial charge in [-0.1, -0.05) is 53.5 Å². The first-order chi connectivity index (χ1) is 16.9. The van der Waals surface area contributed by atoms with E-state index in [4.69, 9.17) is 14.2 Å². The number of hydrogen-bond donors (Lipinski definition) is 0. The van der Waals surface area contributed by atoms with Gasteiger partial charge in [0.15, 0.2) is 5.78 Å². The van der Waals surface area contributed by atoms with E-state index in [0.29, 0.717) is 30.9 Å². The van der Waals surface area contributed by atoms with Crippen LogP contribution in [0.5, 0.6) is 17.2 Å². The van der Waals surface area contributed by atoms with E-state index in [0.717, 1.165) is 67.0 Å². The molecule has 194 valence electrons. The lowest BCUT2D eigenvalue weighted by Gasteiger charge is -2.22. The van der Waals surface area contributed by atoms with Crippen molar-refractivity contribution < 1.29 is 19.0 Å². The van der Waals surface area contributed by atoms with Crippen molar-refractivity contribution in [1.29, 1.82) is 0 Å². The van der Waals surface area contributed by atoms with Crippen molar-refractivity contribution in [3.8, 4) is 17.2 Å². The number of Topliss-reactive ketones (excluding diaryl/α,β-unsaturated/α-hetero) is 1. The van der Waals surface area contributed by atoms with Gasteiger partial charge in [-0.15, -0.1) is 0 Å². The van der Waals surface area contributed by atoms with Crippen LogP contribution in [0, 0.1) is 0 Å². The minimum absolute atomic E-state index is 0.0489. The summed E-state index contributed by atoms with van der Waals surface area (Å²) in [6, 6.07) is 9.91. The maximum absolute atomic E-state index is 13.6. The molecular formula is C30H45NO4. The molecule has 0 unspecified atom stereocenters. The Morgan fingerprint density at radius 2 is 1.54 bits per heavy atom. The van der Waals surface area contributed by atoms with Crippen molar-refractivity contribution in [1.82, 2.24) is 0 Å². The zero-order valence-corrected chi connectivity index (χ0v) is 22.9. The van der Waals surface area contributed by atoms with E-state index < -0.39 is 0 Å². The van der Waals surface area contributed by atoms with Gasteiger partial charge in [0.2, 0.25) is 0 Å². The Morgan fingerprint density at radius 1 is 0.886 bits per heavy atom. The van der Waals surface area contributed by atoms with Crippen LogP contribution in [0.4, 0.5) is 5.69 Å². The van der Waals surface area contributed by atoms with E-state index in [2.05, 4.69) is 52.6 Å². The average Bonchev–Trinajstić information content (AvgIpc) is 2.84. The van der Waals surface area contributed by atoms with Gasteiger partial charge in [0, 0.05) is 26.1 Å². The molecule has 2 rings (SSSR count). The van der Waals surface area contributed by atoms with Gasteiger partial charge < -0.3 is 19.1 Å². The van der Waals surface area contributed by atoms with Gasteiger partial charge in [-0.25, -0.2) is 0 Å². The number of rotatable bonds is 16. The molecule has 0 amide bonds. The van der Waals surface area contributed by atoms with Crippen LogP contribution in [0.1, 0.15) is 94.1 Å². The van der Waals surface area contributed by atoms with Crippen molar-refractivity contribution in [2.75, 3.05) is 38.8 Å². The summed E-state index contributed by atoms with van der Waals surface area (Å²) in [5.74, 6) is 2.54. The number of benzene rings is 2. The molecule has 35 heavy (non-hydrogen) atoms. The van der Waals surface area contributed by atoms with Crippen molar-refractivity contribution in [2.45, 2.75) is 79.1 Å². The molecule has 5 heteroatoms. The summed E-state index contributed by atoms with van der Waals surface area (Å²) < 4.78 is 17.8. The first-order valence-electron chi connectivity index (χ1n) is 13.2. The number of unbranched alkanes of at least 4 members (excludes halogenated alkanes) is 2. The molecule has 0 aliphatic rings. The minimum Gasteiger partial charge on any atom is -0.495 e. The highest BCUT2D eigenvalue weighted by Crippen LogP contribution is 2.36. The summed E-state index contributed by atoms with van der Waals surface area (Å²) in [6.45, 7) is 12.9. The first-order valence-corrected chi connectivity index (χ1v) is 13.2. The van der Waals surface area contributed by atoms with Crippen LogP contribution in [0.3, 0.4) is 0 Å². The summed E-state index contributed by atoms with van der Waals surface area (Å²) in [7, 11) is 3.74. The molecule has 0 bridgehead atoms. The van der Waals surface area contributed by atoms with E-state index in [-0.39, 0.29) is 11.7 Å². The molecule has 5 nitrogen and oxygen atoms in total. The molecule has 0 spiro atoms. The highest BCUT2D eigenvalue weighted by atomic mass is 16.5. The lowest BCUT2D eigenvalue weighted by Crippen LogP contribution is -2.19. The predicted octanol–water partition coefficient (Wildman–Crippen LogP) is 7.45. The Kier molecular flexibility index (Phi) is 11.9. The fourth-order valence-electron chi connectivity index (χ4n) is 4.02. The third-order valence-electron chi connectivity index (χ3n) is 6.12. The van der Waals surface area contributed by atoms with Gasteiger partial charge in [0.05, 0.1) is 31.6 Å². The Labute approximate surface area is 212 Å². The highest BCUT2D eigenvalue weighted by molar-refractivity contribution is 6.00. The maximum Gasteiger partial charge on any atom is 0.170 e. The second kappa shape index (κ2) is 14.7. The van der Waals surface area contributed by atoms with Crippen LogP contribution >= 0.6 is 0 Å². The van der Waals surface area contributed by atoms with Crippen LogP contribution in [-0.4, -0.2) is 39.7 Å². The summed E-state index contributed by atoms with van der Waals surface area (Å²) in [6.07, 6.45) is 5.38. The van der Waals surface area contributed by atoms with E-state index in [1.165, 1.54) is 0 Å². The van der Waals surface area contributed by atoms with E-state index >= 15 is 0 Å². The molecule has 0 aromatic heterocycles. The van der Waals surface area contributed by atoms with Crippen LogP contribution < -0.4 is 19.1 Å². The van der Waals surface area contributed by atoms with Gasteiger partial charge in [-0.3, -0.25) is 4.79 Å². The molecule has 0 N–H and O–H groups in total. The second-order valence-electron chi connectivity index (χ2n) is 9.47. The summed E-state index contributed by atoms with van der Waals surface area (Å²) >= 11 is 0. The molecule has 0 saturated carbocycles. The minimum atomic E-state index is 0.0489. The fraction of sp³-hybridized carbons (Fsp3) is 0.567. The monoisotopic (exact) mass is 483 g/mol. The third kappa shape index (κ3) is 8.19. The molecular weight excluding hydrogens is 438 g/mol. The van der Waals surface area contributed by atoms with Gasteiger partial charge in [0.1, 0.15) is 17.2 Å². The zero-order valence-electron chi connectivity index (χ0n) is 22.9. The normalized spacial score (nSPS) is 11.0. The maximum atomic E-state index is 13.6. The molecule has 2 aromatic rings. The van der Waals surface area contributed by atoms with Crippen LogP contribution in [-0.2, 0) is 6.42 Å². The predicted molar refractivity (Wildman–Crippen MR) is 146 cm³/mol. The standard InChI is InChI=1S/C30H45NO4/c1-8-11-16-34-29-21-30(35-17-12-9-2)25(20-24(29)22(4)5)27(32)19-23-13-14-28(33-7)26(18-23)31(6)15-10-3/h13-14,18,20-22H,8-12,15-17,19H2,1-7H3. The molecule has 0 atom stereocenters. The molecule has 0 heterocycles. The molecule has 0 aliphatic carbocycles. The number of methoxy groups -OCH3 is 1. The van der Waals surface area contributed by atoms with Crippen molar-refractivity contribution in [3.05, 3.63) is 47.0 Å².